The van der Waals surface area contributed by atoms with Crippen LogP contribution in [0.3, 0.4) is 0 Å². The molecule has 3 aromatic rings. The van der Waals surface area contributed by atoms with E-state index in [9.17, 15) is 14.0 Å². The summed E-state index contributed by atoms with van der Waals surface area (Å²) in [5.41, 5.74) is 1.38. The van der Waals surface area contributed by atoms with Crippen molar-refractivity contribution in [3.63, 3.8) is 0 Å². The van der Waals surface area contributed by atoms with Crippen LogP contribution in [0.2, 0.25) is 0 Å². The Hall–Kier alpha value is -2.58. The van der Waals surface area contributed by atoms with E-state index in [0.717, 1.165) is 15.4 Å². The lowest BCUT2D eigenvalue weighted by molar-refractivity contribution is -0.119. The maximum Gasteiger partial charge on any atom is 0.230 e. The van der Waals surface area contributed by atoms with Crippen molar-refractivity contribution in [3.8, 4) is 10.6 Å². The highest BCUT2D eigenvalue weighted by Gasteiger charge is 2.11. The van der Waals surface area contributed by atoms with Gasteiger partial charge in [-0.15, -0.1) is 22.7 Å². The summed E-state index contributed by atoms with van der Waals surface area (Å²) in [5.74, 6) is -0.675. The molecule has 2 aromatic heterocycles. The van der Waals surface area contributed by atoms with Crippen LogP contribution < -0.4 is 10.6 Å². The Kier molecular flexibility index (Phi) is 5.75. The van der Waals surface area contributed by atoms with Crippen molar-refractivity contribution >= 4 is 39.6 Å². The highest BCUT2D eigenvalue weighted by Crippen LogP contribution is 2.30. The monoisotopic (exact) mass is 389 g/mol. The van der Waals surface area contributed by atoms with Gasteiger partial charge in [-0.1, -0.05) is 12.1 Å². The zero-order valence-electron chi connectivity index (χ0n) is 13.9. The van der Waals surface area contributed by atoms with Gasteiger partial charge in [-0.3, -0.25) is 9.59 Å². The number of thiophene rings is 1. The molecule has 2 N–H and O–H groups in total. The summed E-state index contributed by atoms with van der Waals surface area (Å²) in [6, 6.07) is 9.85. The van der Waals surface area contributed by atoms with Gasteiger partial charge in [0.25, 0.3) is 0 Å². The number of hydrogen-bond donors (Lipinski definition) is 2. The molecule has 0 aliphatic rings. The van der Waals surface area contributed by atoms with Crippen molar-refractivity contribution in [2.24, 2.45) is 0 Å². The first-order valence-corrected chi connectivity index (χ1v) is 9.52. The van der Waals surface area contributed by atoms with Crippen LogP contribution in [0.25, 0.3) is 10.6 Å². The number of thiazole rings is 1. The Labute approximate surface area is 157 Å². The lowest BCUT2D eigenvalue weighted by Crippen LogP contribution is -2.17. The summed E-state index contributed by atoms with van der Waals surface area (Å²) >= 11 is 2.87. The van der Waals surface area contributed by atoms with Crippen molar-refractivity contribution < 1.29 is 14.0 Å². The van der Waals surface area contributed by atoms with Crippen LogP contribution in [-0.2, 0) is 22.6 Å². The summed E-state index contributed by atoms with van der Waals surface area (Å²) in [5, 5.41) is 7.86. The summed E-state index contributed by atoms with van der Waals surface area (Å²) in [6.07, 6.45) is 0.0898. The van der Waals surface area contributed by atoms with Crippen molar-refractivity contribution in [2.45, 2.75) is 19.9 Å². The van der Waals surface area contributed by atoms with Crippen LogP contribution in [0.4, 0.5) is 9.52 Å². The molecule has 0 saturated heterocycles. The molecule has 0 atom stereocenters. The number of carbonyl (C=O) groups excluding carboxylic acids is 2. The van der Waals surface area contributed by atoms with Crippen LogP contribution in [0.1, 0.15) is 17.4 Å². The van der Waals surface area contributed by atoms with Gasteiger partial charge >= 0.3 is 0 Å². The quantitative estimate of drug-likeness (QED) is 0.673. The molecule has 0 radical (unpaired) electrons. The van der Waals surface area contributed by atoms with E-state index in [0.29, 0.717) is 17.2 Å². The Morgan fingerprint density at radius 1 is 1.23 bits per heavy atom. The SMILES string of the molecule is CC(=O)NCc1ccc(-c2csc(NC(=O)Cc3cccc(F)c3)n2)s1. The van der Waals surface area contributed by atoms with Gasteiger partial charge in [-0.25, -0.2) is 9.37 Å². The molecule has 0 unspecified atom stereocenters. The smallest absolute Gasteiger partial charge is 0.230 e. The molecule has 8 heteroatoms. The van der Waals surface area contributed by atoms with Crippen molar-refractivity contribution in [1.29, 1.82) is 0 Å². The molecule has 3 rings (SSSR count). The lowest BCUT2D eigenvalue weighted by atomic mass is 10.1. The second-order valence-corrected chi connectivity index (χ2v) is 7.59. The number of hydrogen-bond acceptors (Lipinski definition) is 5. The predicted octanol–water partition coefficient (Wildman–Crippen LogP) is 3.83. The number of carbonyl (C=O) groups is 2. The fourth-order valence-electron chi connectivity index (χ4n) is 2.26. The molecule has 2 heterocycles. The second-order valence-electron chi connectivity index (χ2n) is 5.57. The number of anilines is 1. The Balaban J connectivity index is 1.61. The second kappa shape index (κ2) is 8.20. The molecule has 0 bridgehead atoms. The average Bonchev–Trinajstić information content (AvgIpc) is 3.21. The molecule has 0 aliphatic heterocycles. The first-order chi connectivity index (χ1) is 12.5. The fraction of sp³-hybridized carbons (Fsp3) is 0.167. The van der Waals surface area contributed by atoms with Gasteiger partial charge in [-0.2, -0.15) is 0 Å². The molecule has 0 spiro atoms. The number of benzene rings is 1. The van der Waals surface area contributed by atoms with Gasteiger partial charge in [0.2, 0.25) is 11.8 Å². The normalized spacial score (nSPS) is 10.5. The van der Waals surface area contributed by atoms with E-state index in [4.69, 9.17) is 0 Å². The maximum atomic E-state index is 13.2. The third-order valence-electron chi connectivity index (χ3n) is 3.43. The third kappa shape index (κ3) is 4.96. The maximum absolute atomic E-state index is 13.2. The molecule has 0 aliphatic carbocycles. The number of aromatic nitrogens is 1. The van der Waals surface area contributed by atoms with Gasteiger partial charge < -0.3 is 10.6 Å². The standard InChI is InChI=1S/C18H16FN3O2S2/c1-11(23)20-9-14-5-6-16(26-14)15-10-25-18(21-15)22-17(24)8-12-3-2-4-13(19)7-12/h2-7,10H,8-9H2,1H3,(H,20,23)(H,21,22,24). The van der Waals surface area contributed by atoms with E-state index in [2.05, 4.69) is 15.6 Å². The van der Waals surface area contributed by atoms with Crippen LogP contribution in [-0.4, -0.2) is 16.8 Å². The van der Waals surface area contributed by atoms with Gasteiger partial charge in [0, 0.05) is 17.2 Å². The highest BCUT2D eigenvalue weighted by atomic mass is 32.1. The van der Waals surface area contributed by atoms with E-state index in [1.54, 1.807) is 12.1 Å². The molecule has 26 heavy (non-hydrogen) atoms. The number of nitrogens with one attached hydrogen (secondary N) is 2. The van der Waals surface area contributed by atoms with E-state index < -0.39 is 0 Å². The van der Waals surface area contributed by atoms with E-state index >= 15 is 0 Å². The zero-order valence-corrected chi connectivity index (χ0v) is 15.5. The molecule has 0 fully saturated rings. The van der Waals surface area contributed by atoms with Gasteiger partial charge in [0.15, 0.2) is 5.13 Å². The molecule has 1 aromatic carbocycles. The third-order valence-corrected chi connectivity index (χ3v) is 5.30. The van der Waals surface area contributed by atoms with Gasteiger partial charge in [-0.05, 0) is 29.8 Å². The van der Waals surface area contributed by atoms with Crippen LogP contribution in [0, 0.1) is 5.82 Å². The van der Waals surface area contributed by atoms with E-state index in [-0.39, 0.29) is 24.1 Å². The Morgan fingerprint density at radius 2 is 2.08 bits per heavy atom. The van der Waals surface area contributed by atoms with Crippen LogP contribution in [0.5, 0.6) is 0 Å². The molecular formula is C18H16FN3O2S2. The molecule has 5 nitrogen and oxygen atoms in total. The van der Waals surface area contributed by atoms with Crippen molar-refractivity contribution in [3.05, 3.63) is 58.0 Å². The average molecular weight is 389 g/mol. The minimum Gasteiger partial charge on any atom is -0.351 e. The first kappa shape index (κ1) is 18.2. The number of nitrogens with zero attached hydrogens (tertiary/aromatic N) is 1. The summed E-state index contributed by atoms with van der Waals surface area (Å²) < 4.78 is 13.2. The van der Waals surface area contributed by atoms with Crippen molar-refractivity contribution in [2.75, 3.05) is 5.32 Å². The van der Waals surface area contributed by atoms with Crippen molar-refractivity contribution in [1.82, 2.24) is 10.3 Å². The Bertz CT molecular complexity index is 936. The molecule has 134 valence electrons. The number of rotatable bonds is 6. The van der Waals surface area contributed by atoms with E-state index in [1.807, 2.05) is 17.5 Å². The predicted molar refractivity (Wildman–Crippen MR) is 102 cm³/mol. The topological polar surface area (TPSA) is 71.1 Å². The van der Waals surface area contributed by atoms with Crippen LogP contribution >= 0.6 is 22.7 Å². The highest BCUT2D eigenvalue weighted by molar-refractivity contribution is 7.17. The minimum absolute atomic E-state index is 0.0723. The van der Waals surface area contributed by atoms with Gasteiger partial charge in [0.1, 0.15) is 5.82 Å². The zero-order chi connectivity index (χ0) is 18.5. The largest absolute Gasteiger partial charge is 0.351 e. The van der Waals surface area contributed by atoms with E-state index in [1.165, 1.54) is 41.7 Å². The molecular weight excluding hydrogens is 373 g/mol. The van der Waals surface area contributed by atoms with Gasteiger partial charge in [0.05, 0.1) is 23.5 Å². The Morgan fingerprint density at radius 3 is 2.85 bits per heavy atom. The fourth-order valence-corrected chi connectivity index (χ4v) is 3.97. The lowest BCUT2D eigenvalue weighted by Gasteiger charge is -2.02. The number of halogens is 1. The molecule has 0 saturated carbocycles. The van der Waals surface area contributed by atoms with Crippen LogP contribution in [0.15, 0.2) is 41.8 Å². The molecule has 2 amide bonds. The summed E-state index contributed by atoms with van der Waals surface area (Å²) in [7, 11) is 0. The first-order valence-electron chi connectivity index (χ1n) is 7.83. The number of amides is 2. The summed E-state index contributed by atoms with van der Waals surface area (Å²) in [4.78, 5) is 29.5. The summed E-state index contributed by atoms with van der Waals surface area (Å²) in [6.45, 7) is 1.97. The minimum atomic E-state index is -0.361.